The van der Waals surface area contributed by atoms with Crippen molar-refractivity contribution >= 4 is 11.6 Å². The largest absolute Gasteiger partial charge is 0.390 e. The second kappa shape index (κ2) is 6.18. The Kier molecular flexibility index (Phi) is 4.02. The molecule has 0 radical (unpaired) electrons. The van der Waals surface area contributed by atoms with Crippen molar-refractivity contribution in [2.45, 2.75) is 38.3 Å². The topological polar surface area (TPSA) is 61.1 Å². The van der Waals surface area contributed by atoms with E-state index in [-0.39, 0.29) is 11.9 Å². The molecule has 0 bridgehead atoms. The SMILES string of the molecule is Cc1nc2ccccn2c1CC(=O)N1C[C@@H](O)[C@H](N2CCCC2)C1. The molecule has 2 aromatic heterocycles. The van der Waals surface area contributed by atoms with E-state index < -0.39 is 6.10 Å². The zero-order valence-corrected chi connectivity index (χ0v) is 14.1. The predicted molar refractivity (Wildman–Crippen MR) is 90.8 cm³/mol. The maximum Gasteiger partial charge on any atom is 0.228 e. The summed E-state index contributed by atoms with van der Waals surface area (Å²) in [5.41, 5.74) is 2.70. The van der Waals surface area contributed by atoms with Crippen LogP contribution >= 0.6 is 0 Å². The summed E-state index contributed by atoms with van der Waals surface area (Å²) in [7, 11) is 0. The number of rotatable bonds is 3. The summed E-state index contributed by atoms with van der Waals surface area (Å²) in [6.45, 7) is 5.10. The highest BCUT2D eigenvalue weighted by atomic mass is 16.3. The standard InChI is InChI=1S/C18H24N4O2/c1-13-14(22-9-3-2-6-17(22)19-13)10-18(24)21-11-15(16(23)12-21)20-7-4-5-8-20/h2-3,6,9,15-16,23H,4-5,7-8,10-12H2,1H3/t15-,16-/m1/s1. The number of hydrogen-bond donors (Lipinski definition) is 1. The maximum absolute atomic E-state index is 12.8. The van der Waals surface area contributed by atoms with Crippen LogP contribution in [-0.2, 0) is 11.2 Å². The molecule has 2 aliphatic heterocycles. The summed E-state index contributed by atoms with van der Waals surface area (Å²) >= 11 is 0. The van der Waals surface area contributed by atoms with Crippen LogP contribution in [0, 0.1) is 6.92 Å². The highest BCUT2D eigenvalue weighted by Gasteiger charge is 2.38. The normalized spacial score (nSPS) is 25.0. The van der Waals surface area contributed by atoms with Gasteiger partial charge in [-0.3, -0.25) is 9.69 Å². The molecule has 2 fully saturated rings. The van der Waals surface area contributed by atoms with E-state index >= 15 is 0 Å². The molecule has 0 aromatic carbocycles. The molecule has 0 unspecified atom stereocenters. The first-order valence-electron chi connectivity index (χ1n) is 8.76. The highest BCUT2D eigenvalue weighted by Crippen LogP contribution is 2.22. The molecule has 2 atom stereocenters. The zero-order chi connectivity index (χ0) is 16.7. The first kappa shape index (κ1) is 15.6. The van der Waals surface area contributed by atoms with Crippen LogP contribution in [-0.4, -0.2) is 68.5 Å². The average Bonchev–Trinajstić information content (AvgIpc) is 3.27. The third kappa shape index (κ3) is 2.70. The Morgan fingerprint density at radius 1 is 1.29 bits per heavy atom. The van der Waals surface area contributed by atoms with E-state index in [1.807, 2.05) is 40.6 Å². The predicted octanol–water partition coefficient (Wildman–Crippen LogP) is 0.853. The number of amides is 1. The van der Waals surface area contributed by atoms with E-state index in [4.69, 9.17) is 0 Å². The molecule has 6 heteroatoms. The lowest BCUT2D eigenvalue weighted by molar-refractivity contribution is -0.129. The third-order valence-electron chi connectivity index (χ3n) is 5.37. The van der Waals surface area contributed by atoms with Crippen LogP contribution in [0.2, 0.25) is 0 Å². The summed E-state index contributed by atoms with van der Waals surface area (Å²) in [6, 6.07) is 5.94. The second-order valence-electron chi connectivity index (χ2n) is 6.93. The fourth-order valence-electron chi connectivity index (χ4n) is 4.04. The van der Waals surface area contributed by atoms with E-state index in [9.17, 15) is 9.90 Å². The van der Waals surface area contributed by atoms with Gasteiger partial charge in [0.25, 0.3) is 0 Å². The number of hydrogen-bond acceptors (Lipinski definition) is 4. The Bertz CT molecular complexity index is 751. The number of likely N-dealkylation sites (tertiary alicyclic amines) is 2. The number of carbonyl (C=O) groups excluding carboxylic acids is 1. The molecular formula is C18H24N4O2. The lowest BCUT2D eigenvalue weighted by atomic mass is 10.2. The van der Waals surface area contributed by atoms with E-state index in [1.165, 1.54) is 12.8 Å². The van der Waals surface area contributed by atoms with E-state index in [0.29, 0.717) is 19.5 Å². The van der Waals surface area contributed by atoms with Crippen LogP contribution < -0.4 is 0 Å². The summed E-state index contributed by atoms with van der Waals surface area (Å²) in [5, 5.41) is 10.4. The second-order valence-corrected chi connectivity index (χ2v) is 6.93. The molecule has 128 valence electrons. The van der Waals surface area contributed by atoms with Gasteiger partial charge in [0.15, 0.2) is 0 Å². The lowest BCUT2D eigenvalue weighted by Gasteiger charge is -2.25. The smallest absolute Gasteiger partial charge is 0.228 e. The number of aliphatic hydroxyl groups is 1. The van der Waals surface area contributed by atoms with Gasteiger partial charge in [-0.25, -0.2) is 4.98 Å². The molecule has 0 spiro atoms. The van der Waals surface area contributed by atoms with E-state index in [1.54, 1.807) is 0 Å². The van der Waals surface area contributed by atoms with Crippen molar-refractivity contribution < 1.29 is 9.90 Å². The molecule has 1 N–H and O–H groups in total. The van der Waals surface area contributed by atoms with Crippen molar-refractivity contribution in [2.24, 2.45) is 0 Å². The summed E-state index contributed by atoms with van der Waals surface area (Å²) < 4.78 is 1.98. The molecule has 0 aliphatic carbocycles. The maximum atomic E-state index is 12.8. The Balaban J connectivity index is 1.49. The first-order chi connectivity index (χ1) is 11.6. The summed E-state index contributed by atoms with van der Waals surface area (Å²) in [6.07, 6.45) is 4.23. The number of β-amino-alcohol motifs (C(OH)–C–C–N with tert-alkyl or cyclic N) is 1. The quantitative estimate of drug-likeness (QED) is 0.907. The lowest BCUT2D eigenvalue weighted by Crippen LogP contribution is -2.41. The van der Waals surface area contributed by atoms with Crippen LogP contribution in [0.4, 0.5) is 0 Å². The molecule has 24 heavy (non-hydrogen) atoms. The van der Waals surface area contributed by atoms with Gasteiger partial charge < -0.3 is 14.4 Å². The fraction of sp³-hybridized carbons (Fsp3) is 0.556. The van der Waals surface area contributed by atoms with Crippen LogP contribution in [0.3, 0.4) is 0 Å². The van der Waals surface area contributed by atoms with Crippen LogP contribution in [0.15, 0.2) is 24.4 Å². The number of aryl methyl sites for hydroxylation is 1. The summed E-state index contributed by atoms with van der Waals surface area (Å²) in [4.78, 5) is 21.4. The number of aromatic nitrogens is 2. The van der Waals surface area contributed by atoms with Gasteiger partial charge >= 0.3 is 0 Å². The van der Waals surface area contributed by atoms with Crippen LogP contribution in [0.1, 0.15) is 24.2 Å². The molecule has 4 rings (SSSR count). The molecule has 0 saturated carbocycles. The zero-order valence-electron chi connectivity index (χ0n) is 14.1. The number of nitrogens with zero attached hydrogens (tertiary/aromatic N) is 4. The monoisotopic (exact) mass is 328 g/mol. The van der Waals surface area contributed by atoms with Gasteiger partial charge in [-0.1, -0.05) is 6.07 Å². The van der Waals surface area contributed by atoms with Crippen molar-refractivity contribution in [1.82, 2.24) is 19.2 Å². The van der Waals surface area contributed by atoms with Crippen LogP contribution in [0.5, 0.6) is 0 Å². The van der Waals surface area contributed by atoms with Gasteiger partial charge in [0.1, 0.15) is 5.65 Å². The Labute approximate surface area is 141 Å². The van der Waals surface area contributed by atoms with Crippen molar-refractivity contribution in [1.29, 1.82) is 0 Å². The van der Waals surface area contributed by atoms with Gasteiger partial charge in [-0.05, 0) is 45.0 Å². The van der Waals surface area contributed by atoms with Gasteiger partial charge in [0, 0.05) is 19.3 Å². The van der Waals surface area contributed by atoms with Gasteiger partial charge in [0.05, 0.1) is 30.0 Å². The van der Waals surface area contributed by atoms with Gasteiger partial charge in [0.2, 0.25) is 5.91 Å². The number of aliphatic hydroxyl groups excluding tert-OH is 1. The third-order valence-corrected chi connectivity index (χ3v) is 5.37. The molecular weight excluding hydrogens is 304 g/mol. The van der Waals surface area contributed by atoms with Crippen molar-refractivity contribution in [3.8, 4) is 0 Å². The van der Waals surface area contributed by atoms with Crippen LogP contribution in [0.25, 0.3) is 5.65 Å². The molecule has 2 saturated heterocycles. The van der Waals surface area contributed by atoms with Gasteiger partial charge in [-0.2, -0.15) is 0 Å². The Morgan fingerprint density at radius 2 is 2.08 bits per heavy atom. The number of fused-ring (bicyclic) bond motifs is 1. The molecule has 6 nitrogen and oxygen atoms in total. The highest BCUT2D eigenvalue weighted by molar-refractivity contribution is 5.79. The Hall–Kier alpha value is -1.92. The number of carbonyl (C=O) groups is 1. The molecule has 4 heterocycles. The molecule has 1 amide bonds. The van der Waals surface area contributed by atoms with Gasteiger partial charge in [-0.15, -0.1) is 0 Å². The minimum absolute atomic E-state index is 0.0736. The van der Waals surface area contributed by atoms with Crippen molar-refractivity contribution in [3.63, 3.8) is 0 Å². The summed E-state index contributed by atoms with van der Waals surface area (Å²) in [5.74, 6) is 0.0736. The minimum atomic E-state index is -0.435. The van der Waals surface area contributed by atoms with E-state index in [0.717, 1.165) is 30.1 Å². The minimum Gasteiger partial charge on any atom is -0.390 e. The molecule has 2 aliphatic rings. The number of imidazole rings is 1. The van der Waals surface area contributed by atoms with E-state index in [2.05, 4.69) is 9.88 Å². The first-order valence-corrected chi connectivity index (χ1v) is 8.76. The number of pyridine rings is 1. The molecule has 2 aromatic rings. The Morgan fingerprint density at radius 3 is 2.88 bits per heavy atom. The average molecular weight is 328 g/mol. The van der Waals surface area contributed by atoms with Crippen molar-refractivity contribution in [2.75, 3.05) is 26.2 Å². The fourth-order valence-corrected chi connectivity index (χ4v) is 4.04. The van der Waals surface area contributed by atoms with Crippen molar-refractivity contribution in [3.05, 3.63) is 35.8 Å².